The van der Waals surface area contributed by atoms with Gasteiger partial charge in [-0.15, -0.1) is 0 Å². The van der Waals surface area contributed by atoms with Gasteiger partial charge in [-0.2, -0.15) is 0 Å². The highest BCUT2D eigenvalue weighted by Gasteiger charge is 2.64. The van der Waals surface area contributed by atoms with E-state index >= 15 is 0 Å². The fourth-order valence-electron chi connectivity index (χ4n) is 2.63. The third kappa shape index (κ3) is 2.40. The first-order valence-corrected chi connectivity index (χ1v) is 7.27. The first kappa shape index (κ1) is 16.8. The maximum absolute atomic E-state index is 12.8. The van der Waals surface area contributed by atoms with Crippen LogP contribution in [0.5, 0.6) is 0 Å². The van der Waals surface area contributed by atoms with Crippen LogP contribution in [0.4, 0.5) is 0 Å². The van der Waals surface area contributed by atoms with Gasteiger partial charge < -0.3 is 19.7 Å². The maximum atomic E-state index is 12.8. The average molecular weight is 306 g/mol. The molecule has 1 aliphatic carbocycles. The van der Waals surface area contributed by atoms with E-state index in [1.165, 1.54) is 0 Å². The van der Waals surface area contributed by atoms with Crippen molar-refractivity contribution in [2.45, 2.75) is 51.5 Å². The van der Waals surface area contributed by atoms with Gasteiger partial charge in [0, 0.05) is 11.1 Å². The smallest absolute Gasteiger partial charge is 0.292 e. The standard InChI is InChI=1S/C17H22O5/c1-10(2)21-16(19)12(5)13-8-6-7-9-14(13)15(18)17(16,20)22-11(3)4/h6-11,19-20H,5H2,1-4H3. The SMILES string of the molecule is C=C1c2ccccc2C(=O)C(O)(OC(C)C)C1(O)OC(C)C. The van der Waals surface area contributed by atoms with Gasteiger partial charge >= 0.3 is 0 Å². The Balaban J connectivity index is 2.68. The van der Waals surface area contributed by atoms with E-state index in [4.69, 9.17) is 9.47 Å². The molecule has 2 atom stereocenters. The highest BCUT2D eigenvalue weighted by atomic mass is 16.7. The van der Waals surface area contributed by atoms with Crippen LogP contribution in [0, 0.1) is 0 Å². The summed E-state index contributed by atoms with van der Waals surface area (Å²) in [6, 6.07) is 6.61. The molecule has 0 spiro atoms. The number of ketones is 1. The van der Waals surface area contributed by atoms with Crippen molar-refractivity contribution in [1.82, 2.24) is 0 Å². The summed E-state index contributed by atoms with van der Waals surface area (Å²) in [6.45, 7) is 10.5. The van der Waals surface area contributed by atoms with Gasteiger partial charge in [-0.3, -0.25) is 4.79 Å². The molecule has 0 saturated heterocycles. The molecule has 5 nitrogen and oxygen atoms in total. The zero-order valence-corrected chi connectivity index (χ0v) is 13.3. The number of hydrogen-bond acceptors (Lipinski definition) is 5. The van der Waals surface area contributed by atoms with Crippen LogP contribution in [-0.2, 0) is 9.47 Å². The molecule has 0 bridgehead atoms. The molecule has 2 rings (SSSR count). The van der Waals surface area contributed by atoms with Crippen LogP contribution in [0.25, 0.3) is 5.57 Å². The van der Waals surface area contributed by atoms with Crippen molar-refractivity contribution in [2.75, 3.05) is 0 Å². The van der Waals surface area contributed by atoms with E-state index in [2.05, 4.69) is 6.58 Å². The van der Waals surface area contributed by atoms with Crippen molar-refractivity contribution in [1.29, 1.82) is 0 Å². The summed E-state index contributed by atoms with van der Waals surface area (Å²) < 4.78 is 10.9. The number of benzene rings is 1. The summed E-state index contributed by atoms with van der Waals surface area (Å²) in [6.07, 6.45) is -0.962. The molecule has 120 valence electrons. The highest BCUT2D eigenvalue weighted by molar-refractivity contribution is 6.10. The van der Waals surface area contributed by atoms with Crippen LogP contribution < -0.4 is 0 Å². The first-order valence-electron chi connectivity index (χ1n) is 7.27. The molecule has 1 aromatic rings. The summed E-state index contributed by atoms with van der Waals surface area (Å²) in [5.74, 6) is -5.64. The number of rotatable bonds is 4. The lowest BCUT2D eigenvalue weighted by Gasteiger charge is -2.47. The van der Waals surface area contributed by atoms with Gasteiger partial charge in [0.15, 0.2) is 0 Å². The van der Waals surface area contributed by atoms with Crippen LogP contribution in [0.15, 0.2) is 30.8 Å². The fraction of sp³-hybridized carbons (Fsp3) is 0.471. The summed E-state index contributed by atoms with van der Waals surface area (Å²) in [7, 11) is 0. The highest BCUT2D eigenvalue weighted by Crippen LogP contribution is 2.46. The van der Waals surface area contributed by atoms with Crippen LogP contribution >= 0.6 is 0 Å². The van der Waals surface area contributed by atoms with E-state index in [0.717, 1.165) is 0 Å². The molecular weight excluding hydrogens is 284 g/mol. The number of fused-ring (bicyclic) bond motifs is 1. The molecule has 1 aromatic carbocycles. The lowest BCUT2D eigenvalue weighted by Crippen LogP contribution is -2.66. The topological polar surface area (TPSA) is 76.0 Å². The van der Waals surface area contributed by atoms with Crippen molar-refractivity contribution in [3.63, 3.8) is 0 Å². The zero-order chi connectivity index (χ0) is 16.7. The molecular formula is C17H22O5. The Bertz CT molecular complexity index is 554. The number of ether oxygens (including phenoxy) is 2. The van der Waals surface area contributed by atoms with Crippen LogP contribution in [-0.4, -0.2) is 39.8 Å². The fourth-order valence-corrected chi connectivity index (χ4v) is 2.63. The van der Waals surface area contributed by atoms with Crippen molar-refractivity contribution >= 4 is 11.4 Å². The molecule has 0 fully saturated rings. The first-order chi connectivity index (χ1) is 10.1. The summed E-state index contributed by atoms with van der Waals surface area (Å²) in [5, 5.41) is 21.9. The summed E-state index contributed by atoms with van der Waals surface area (Å²) in [4.78, 5) is 12.8. The van der Waals surface area contributed by atoms with E-state index in [-0.39, 0.29) is 11.1 Å². The van der Waals surface area contributed by atoms with Crippen molar-refractivity contribution in [2.24, 2.45) is 0 Å². The largest absolute Gasteiger partial charge is 0.357 e. The maximum Gasteiger partial charge on any atom is 0.292 e. The predicted molar refractivity (Wildman–Crippen MR) is 82.1 cm³/mol. The van der Waals surface area contributed by atoms with E-state index < -0.39 is 29.6 Å². The second-order valence-electron chi connectivity index (χ2n) is 5.97. The Kier molecular flexibility index (Phi) is 4.28. The summed E-state index contributed by atoms with van der Waals surface area (Å²) in [5.41, 5.74) is 0.778. The molecule has 2 unspecified atom stereocenters. The van der Waals surface area contributed by atoms with Gasteiger partial charge in [-0.25, -0.2) is 0 Å². The number of hydrogen-bond donors (Lipinski definition) is 2. The van der Waals surface area contributed by atoms with Gasteiger partial charge in [0.25, 0.3) is 11.6 Å². The molecule has 0 aliphatic heterocycles. The lowest BCUT2D eigenvalue weighted by atomic mass is 9.78. The number of carbonyl (C=O) groups excluding carboxylic acids is 1. The molecule has 0 amide bonds. The minimum Gasteiger partial charge on any atom is -0.357 e. The zero-order valence-electron chi connectivity index (χ0n) is 13.3. The normalized spacial score (nSPS) is 28.4. The molecule has 0 aromatic heterocycles. The molecule has 5 heteroatoms. The number of Topliss-reactive ketones (excluding diaryl/α,β-unsaturated/α-hetero) is 1. The van der Waals surface area contributed by atoms with E-state index in [9.17, 15) is 15.0 Å². The Labute approximate surface area is 130 Å². The minimum absolute atomic E-state index is 0.0968. The Morgan fingerprint density at radius 1 is 0.955 bits per heavy atom. The van der Waals surface area contributed by atoms with Crippen molar-refractivity contribution in [3.8, 4) is 0 Å². The van der Waals surface area contributed by atoms with Gasteiger partial charge in [-0.05, 0) is 33.3 Å². The van der Waals surface area contributed by atoms with E-state index in [1.54, 1.807) is 52.0 Å². The molecule has 0 radical (unpaired) electrons. The average Bonchev–Trinajstić information content (AvgIpc) is 2.42. The molecule has 2 N–H and O–H groups in total. The molecule has 0 saturated carbocycles. The lowest BCUT2D eigenvalue weighted by molar-refractivity contribution is -0.348. The van der Waals surface area contributed by atoms with Crippen LogP contribution in [0.3, 0.4) is 0 Å². The van der Waals surface area contributed by atoms with Gasteiger partial charge in [0.05, 0.1) is 12.2 Å². The van der Waals surface area contributed by atoms with E-state index in [0.29, 0.717) is 5.56 Å². The second kappa shape index (κ2) is 5.59. The molecule has 1 aliphatic rings. The second-order valence-corrected chi connectivity index (χ2v) is 5.97. The summed E-state index contributed by atoms with van der Waals surface area (Å²) >= 11 is 0. The monoisotopic (exact) mass is 306 g/mol. The Morgan fingerprint density at radius 2 is 1.41 bits per heavy atom. The Morgan fingerprint density at radius 3 is 1.91 bits per heavy atom. The third-order valence-electron chi connectivity index (χ3n) is 3.49. The molecule has 0 heterocycles. The quantitative estimate of drug-likeness (QED) is 0.833. The number of carbonyl (C=O) groups is 1. The van der Waals surface area contributed by atoms with Crippen LogP contribution in [0.2, 0.25) is 0 Å². The molecule has 22 heavy (non-hydrogen) atoms. The van der Waals surface area contributed by atoms with Crippen molar-refractivity contribution < 1.29 is 24.5 Å². The number of aliphatic hydroxyl groups is 2. The predicted octanol–water partition coefficient (Wildman–Crippen LogP) is 2.12. The Hall–Kier alpha value is -1.53. The van der Waals surface area contributed by atoms with Gasteiger partial charge in [-0.1, -0.05) is 30.8 Å². The van der Waals surface area contributed by atoms with Gasteiger partial charge in [0.1, 0.15) is 0 Å². The van der Waals surface area contributed by atoms with Gasteiger partial charge in [0.2, 0.25) is 5.78 Å². The third-order valence-corrected chi connectivity index (χ3v) is 3.49. The van der Waals surface area contributed by atoms with Crippen LogP contribution in [0.1, 0.15) is 43.6 Å². The van der Waals surface area contributed by atoms with Crippen molar-refractivity contribution in [3.05, 3.63) is 42.0 Å². The minimum atomic E-state index is -2.54. The van der Waals surface area contributed by atoms with E-state index in [1.807, 2.05) is 0 Å².